The number of amides is 1. The highest BCUT2D eigenvalue weighted by Gasteiger charge is 2.12. The molecule has 0 bridgehead atoms. The van der Waals surface area contributed by atoms with Crippen LogP contribution >= 0.6 is 0 Å². The smallest absolute Gasteiger partial charge is 0.271 e. The number of carbonyl (C=O) groups excluding carboxylic acids is 1. The molecule has 0 saturated carbocycles. The van der Waals surface area contributed by atoms with Crippen LogP contribution in [0.1, 0.15) is 16.2 Å². The Bertz CT molecular complexity index is 598. The van der Waals surface area contributed by atoms with E-state index < -0.39 is 6.10 Å². The summed E-state index contributed by atoms with van der Waals surface area (Å²) in [6, 6.07) is 7.07. The standard InChI is InChI=1S/C14H16FN3O3/c1-9-6-13(18-17-9)14(20)16-7-11(19)8-21-12-4-2-10(15)3-5-12/h2-6,11,19H,7-8H2,1H3,(H,16,20)(H,17,18). The van der Waals surface area contributed by atoms with E-state index in [9.17, 15) is 14.3 Å². The van der Waals surface area contributed by atoms with E-state index in [0.29, 0.717) is 5.75 Å². The Kier molecular flexibility index (Phi) is 4.89. The second-order valence-electron chi connectivity index (χ2n) is 4.56. The van der Waals surface area contributed by atoms with Gasteiger partial charge in [0.2, 0.25) is 0 Å². The minimum absolute atomic E-state index is 0.00843. The highest BCUT2D eigenvalue weighted by molar-refractivity contribution is 5.92. The van der Waals surface area contributed by atoms with Gasteiger partial charge in [0.15, 0.2) is 0 Å². The van der Waals surface area contributed by atoms with E-state index in [2.05, 4.69) is 15.5 Å². The highest BCUT2D eigenvalue weighted by Crippen LogP contribution is 2.11. The predicted octanol–water partition coefficient (Wildman–Crippen LogP) is 1.03. The van der Waals surface area contributed by atoms with Crippen molar-refractivity contribution in [2.45, 2.75) is 13.0 Å². The van der Waals surface area contributed by atoms with Crippen molar-refractivity contribution >= 4 is 5.91 Å². The third kappa shape index (κ3) is 4.57. The molecule has 0 radical (unpaired) electrons. The van der Waals surface area contributed by atoms with Gasteiger partial charge in [-0.05, 0) is 37.3 Å². The fourth-order valence-corrected chi connectivity index (χ4v) is 1.62. The molecule has 0 spiro atoms. The molecule has 1 unspecified atom stereocenters. The van der Waals surface area contributed by atoms with Gasteiger partial charge in [0.25, 0.3) is 5.91 Å². The maximum Gasteiger partial charge on any atom is 0.271 e. The van der Waals surface area contributed by atoms with Gasteiger partial charge in [-0.2, -0.15) is 5.10 Å². The van der Waals surface area contributed by atoms with Crippen molar-refractivity contribution in [3.8, 4) is 5.75 Å². The minimum atomic E-state index is -0.876. The number of aromatic amines is 1. The first-order valence-corrected chi connectivity index (χ1v) is 6.41. The molecule has 0 aliphatic carbocycles. The Labute approximate surface area is 120 Å². The van der Waals surface area contributed by atoms with Crippen molar-refractivity contribution < 1.29 is 19.0 Å². The molecule has 21 heavy (non-hydrogen) atoms. The summed E-state index contributed by atoms with van der Waals surface area (Å²) in [5.74, 6) is -0.283. The van der Waals surface area contributed by atoms with Crippen LogP contribution in [-0.4, -0.2) is 40.5 Å². The zero-order valence-electron chi connectivity index (χ0n) is 11.5. The van der Waals surface area contributed by atoms with Gasteiger partial charge in [-0.1, -0.05) is 0 Å². The molecule has 2 rings (SSSR count). The number of rotatable bonds is 6. The Balaban J connectivity index is 1.73. The summed E-state index contributed by atoms with van der Waals surface area (Å²) in [4.78, 5) is 11.7. The van der Waals surface area contributed by atoms with Crippen molar-refractivity contribution in [1.82, 2.24) is 15.5 Å². The molecule has 3 N–H and O–H groups in total. The number of carbonyl (C=O) groups is 1. The fourth-order valence-electron chi connectivity index (χ4n) is 1.62. The van der Waals surface area contributed by atoms with E-state index >= 15 is 0 Å². The Morgan fingerprint density at radius 2 is 2.19 bits per heavy atom. The van der Waals surface area contributed by atoms with Gasteiger partial charge in [0, 0.05) is 12.2 Å². The molecule has 0 saturated heterocycles. The van der Waals surface area contributed by atoms with Gasteiger partial charge in [-0.25, -0.2) is 4.39 Å². The third-order valence-electron chi connectivity index (χ3n) is 2.69. The van der Waals surface area contributed by atoms with E-state index in [-0.39, 0.29) is 30.6 Å². The molecular formula is C14H16FN3O3. The number of hydrogen-bond donors (Lipinski definition) is 3. The van der Waals surface area contributed by atoms with E-state index in [0.717, 1.165) is 5.69 Å². The molecule has 2 aromatic rings. The zero-order valence-corrected chi connectivity index (χ0v) is 11.5. The summed E-state index contributed by atoms with van der Waals surface area (Å²) in [6.45, 7) is 1.81. The van der Waals surface area contributed by atoms with Crippen LogP contribution in [0, 0.1) is 12.7 Å². The number of aryl methyl sites for hydroxylation is 1. The van der Waals surface area contributed by atoms with Crippen molar-refractivity contribution in [3.05, 3.63) is 47.5 Å². The van der Waals surface area contributed by atoms with Gasteiger partial charge < -0.3 is 15.2 Å². The quantitative estimate of drug-likeness (QED) is 0.742. The van der Waals surface area contributed by atoms with Crippen LogP contribution in [0.25, 0.3) is 0 Å². The highest BCUT2D eigenvalue weighted by atomic mass is 19.1. The van der Waals surface area contributed by atoms with Crippen molar-refractivity contribution in [2.75, 3.05) is 13.2 Å². The lowest BCUT2D eigenvalue weighted by Crippen LogP contribution is -2.35. The van der Waals surface area contributed by atoms with Crippen molar-refractivity contribution in [2.24, 2.45) is 0 Å². The molecule has 1 amide bonds. The lowest BCUT2D eigenvalue weighted by Gasteiger charge is -2.12. The van der Waals surface area contributed by atoms with E-state index in [1.54, 1.807) is 13.0 Å². The summed E-state index contributed by atoms with van der Waals surface area (Å²) in [5.41, 5.74) is 1.04. The fraction of sp³-hybridized carbons (Fsp3) is 0.286. The first-order chi connectivity index (χ1) is 10.0. The molecule has 0 fully saturated rings. The third-order valence-corrected chi connectivity index (χ3v) is 2.69. The van der Waals surface area contributed by atoms with Gasteiger partial charge >= 0.3 is 0 Å². The zero-order chi connectivity index (χ0) is 15.2. The van der Waals surface area contributed by atoms with Crippen LogP contribution in [0.15, 0.2) is 30.3 Å². The SMILES string of the molecule is Cc1cc(C(=O)NCC(O)COc2ccc(F)cc2)n[nH]1. The van der Waals surface area contributed by atoms with Gasteiger partial charge in [0.1, 0.15) is 30.0 Å². The number of aliphatic hydroxyl groups excluding tert-OH is 1. The number of hydrogen-bond acceptors (Lipinski definition) is 4. The van der Waals surface area contributed by atoms with E-state index in [4.69, 9.17) is 4.74 Å². The van der Waals surface area contributed by atoms with Gasteiger partial charge in [0.05, 0.1) is 0 Å². The summed E-state index contributed by atoms with van der Waals surface area (Å²) in [7, 11) is 0. The number of ether oxygens (including phenoxy) is 1. The lowest BCUT2D eigenvalue weighted by atomic mass is 10.3. The summed E-state index contributed by atoms with van der Waals surface area (Å²) in [6.07, 6.45) is -0.876. The van der Waals surface area contributed by atoms with Crippen LogP contribution in [0.2, 0.25) is 0 Å². The van der Waals surface area contributed by atoms with Crippen LogP contribution in [0.4, 0.5) is 4.39 Å². The van der Waals surface area contributed by atoms with Crippen molar-refractivity contribution in [1.29, 1.82) is 0 Å². The number of aromatic nitrogens is 2. The summed E-state index contributed by atoms with van der Waals surface area (Å²) >= 11 is 0. The maximum atomic E-state index is 12.7. The molecule has 1 aromatic heterocycles. The van der Waals surface area contributed by atoms with Gasteiger partial charge in [-0.3, -0.25) is 9.89 Å². The monoisotopic (exact) mass is 293 g/mol. The van der Waals surface area contributed by atoms with Gasteiger partial charge in [-0.15, -0.1) is 0 Å². The molecule has 112 valence electrons. The average molecular weight is 293 g/mol. The molecular weight excluding hydrogens is 277 g/mol. The lowest BCUT2D eigenvalue weighted by molar-refractivity contribution is 0.0839. The number of nitrogens with one attached hydrogen (secondary N) is 2. The largest absolute Gasteiger partial charge is 0.491 e. The predicted molar refractivity (Wildman–Crippen MR) is 73.6 cm³/mol. The normalized spacial score (nSPS) is 12.0. The van der Waals surface area contributed by atoms with E-state index in [1.807, 2.05) is 0 Å². The first-order valence-electron chi connectivity index (χ1n) is 6.41. The molecule has 0 aliphatic heterocycles. The topological polar surface area (TPSA) is 87.2 Å². The second-order valence-corrected chi connectivity index (χ2v) is 4.56. The minimum Gasteiger partial charge on any atom is -0.491 e. The van der Waals surface area contributed by atoms with Crippen LogP contribution < -0.4 is 10.1 Å². The van der Waals surface area contributed by atoms with E-state index in [1.165, 1.54) is 24.3 Å². The summed E-state index contributed by atoms with van der Waals surface area (Å²) < 4.78 is 18.0. The first kappa shape index (κ1) is 15.0. The molecule has 1 aromatic carbocycles. The van der Waals surface area contributed by atoms with Crippen molar-refractivity contribution in [3.63, 3.8) is 0 Å². The van der Waals surface area contributed by atoms with Crippen LogP contribution in [0.5, 0.6) is 5.75 Å². The molecule has 6 nitrogen and oxygen atoms in total. The Hall–Kier alpha value is -2.41. The number of aliphatic hydroxyl groups is 1. The molecule has 7 heteroatoms. The average Bonchev–Trinajstić information content (AvgIpc) is 2.91. The van der Waals surface area contributed by atoms with Crippen LogP contribution in [0.3, 0.4) is 0 Å². The molecule has 1 atom stereocenters. The Morgan fingerprint density at radius 3 is 2.81 bits per heavy atom. The number of H-pyrrole nitrogens is 1. The molecule has 1 heterocycles. The summed E-state index contributed by atoms with van der Waals surface area (Å²) in [5, 5.41) is 18.7. The second kappa shape index (κ2) is 6.85. The number of halogens is 1. The Morgan fingerprint density at radius 1 is 1.48 bits per heavy atom. The number of nitrogens with zero attached hydrogens (tertiary/aromatic N) is 1. The molecule has 0 aliphatic rings. The maximum absolute atomic E-state index is 12.7. The number of benzene rings is 1. The van der Waals surface area contributed by atoms with Crippen LogP contribution in [-0.2, 0) is 0 Å².